The molecule has 6 heteroatoms. The van der Waals surface area contributed by atoms with E-state index in [2.05, 4.69) is 17.1 Å². The number of aromatic nitrogens is 2. The van der Waals surface area contributed by atoms with Crippen molar-refractivity contribution in [2.24, 2.45) is 10.9 Å². The zero-order valence-electron chi connectivity index (χ0n) is 11.0. The van der Waals surface area contributed by atoms with Crippen molar-refractivity contribution >= 4 is 17.5 Å². The van der Waals surface area contributed by atoms with Crippen molar-refractivity contribution in [3.8, 4) is 0 Å². The van der Waals surface area contributed by atoms with Gasteiger partial charge >= 0.3 is 0 Å². The Balaban J connectivity index is 2.47. The van der Waals surface area contributed by atoms with Crippen molar-refractivity contribution in [2.45, 2.75) is 13.5 Å². The van der Waals surface area contributed by atoms with Gasteiger partial charge in [0.25, 0.3) is 0 Å². The highest BCUT2D eigenvalue weighted by molar-refractivity contribution is 6.02. The third-order valence-electron chi connectivity index (χ3n) is 2.98. The molecule has 19 heavy (non-hydrogen) atoms. The maximum atomic E-state index is 8.85. The molecule has 0 aliphatic carbocycles. The number of anilines is 2. The van der Waals surface area contributed by atoms with Crippen molar-refractivity contribution in [1.29, 1.82) is 0 Å². The molecule has 0 radical (unpaired) electrons. The van der Waals surface area contributed by atoms with E-state index in [0.717, 1.165) is 18.2 Å². The van der Waals surface area contributed by atoms with Crippen LogP contribution in [0, 0.1) is 0 Å². The number of hydrogen-bond donors (Lipinski definition) is 2. The molecule has 2 rings (SSSR count). The summed E-state index contributed by atoms with van der Waals surface area (Å²) in [5.74, 6) is 0.887. The highest BCUT2D eigenvalue weighted by Crippen LogP contribution is 2.25. The number of para-hydroxylation sites is 1. The van der Waals surface area contributed by atoms with Gasteiger partial charge in [0.05, 0.1) is 5.69 Å². The van der Waals surface area contributed by atoms with E-state index in [1.54, 1.807) is 12.3 Å². The molecular formula is C13H17N5O. The zero-order valence-corrected chi connectivity index (χ0v) is 11.0. The van der Waals surface area contributed by atoms with E-state index in [-0.39, 0.29) is 5.84 Å². The van der Waals surface area contributed by atoms with E-state index in [0.29, 0.717) is 5.56 Å². The van der Waals surface area contributed by atoms with Crippen LogP contribution in [-0.4, -0.2) is 27.6 Å². The van der Waals surface area contributed by atoms with Gasteiger partial charge < -0.3 is 20.4 Å². The molecule has 1 heterocycles. The standard InChI is InChI=1S/C13H17N5O/c1-3-18-9-8-15-13(18)17(2)11-7-5-4-6-10(11)12(14)16-19/h4-9,19H,3H2,1-2H3,(H2,14,16). The first kappa shape index (κ1) is 12.9. The van der Waals surface area contributed by atoms with Crippen molar-refractivity contribution in [3.05, 3.63) is 42.2 Å². The fourth-order valence-corrected chi connectivity index (χ4v) is 1.99. The second-order valence-corrected chi connectivity index (χ2v) is 4.07. The van der Waals surface area contributed by atoms with Crippen LogP contribution in [0.3, 0.4) is 0 Å². The Hall–Kier alpha value is -2.50. The molecule has 0 aliphatic heterocycles. The maximum absolute atomic E-state index is 8.85. The van der Waals surface area contributed by atoms with Gasteiger partial charge in [0.2, 0.25) is 5.95 Å². The molecule has 100 valence electrons. The van der Waals surface area contributed by atoms with Crippen LogP contribution in [-0.2, 0) is 6.54 Å². The molecule has 1 aromatic carbocycles. The molecule has 0 fully saturated rings. The molecule has 0 spiro atoms. The third kappa shape index (κ3) is 2.37. The second-order valence-electron chi connectivity index (χ2n) is 4.07. The predicted molar refractivity (Wildman–Crippen MR) is 74.9 cm³/mol. The quantitative estimate of drug-likeness (QED) is 0.379. The van der Waals surface area contributed by atoms with E-state index in [1.807, 2.05) is 40.9 Å². The summed E-state index contributed by atoms with van der Waals surface area (Å²) in [6, 6.07) is 7.46. The van der Waals surface area contributed by atoms with E-state index in [9.17, 15) is 0 Å². The Bertz CT molecular complexity index is 590. The number of amidine groups is 1. The average Bonchev–Trinajstić information content (AvgIpc) is 2.94. The van der Waals surface area contributed by atoms with Crippen molar-refractivity contribution in [3.63, 3.8) is 0 Å². The summed E-state index contributed by atoms with van der Waals surface area (Å²) >= 11 is 0. The number of imidazole rings is 1. The number of rotatable bonds is 4. The van der Waals surface area contributed by atoms with Gasteiger partial charge in [0, 0.05) is 31.5 Å². The van der Waals surface area contributed by atoms with Crippen LogP contribution in [0.25, 0.3) is 0 Å². The number of nitrogens with two attached hydrogens (primary N) is 1. The molecule has 2 aromatic rings. The molecule has 0 amide bonds. The minimum absolute atomic E-state index is 0.0806. The Morgan fingerprint density at radius 3 is 2.89 bits per heavy atom. The topological polar surface area (TPSA) is 79.7 Å². The van der Waals surface area contributed by atoms with Crippen LogP contribution in [0.2, 0.25) is 0 Å². The number of hydrogen-bond acceptors (Lipinski definition) is 4. The summed E-state index contributed by atoms with van der Waals surface area (Å²) in [6.07, 6.45) is 3.67. The predicted octanol–water partition coefficient (Wildman–Crippen LogP) is 1.77. The summed E-state index contributed by atoms with van der Waals surface area (Å²) in [5, 5.41) is 11.9. The first-order chi connectivity index (χ1) is 9.19. The molecule has 0 aliphatic rings. The number of benzene rings is 1. The van der Waals surface area contributed by atoms with Gasteiger partial charge in [0.1, 0.15) is 0 Å². The molecule has 0 bridgehead atoms. The summed E-state index contributed by atoms with van der Waals surface area (Å²) < 4.78 is 2.02. The van der Waals surface area contributed by atoms with Gasteiger partial charge in [-0.1, -0.05) is 17.3 Å². The molecule has 0 atom stereocenters. The van der Waals surface area contributed by atoms with Crippen LogP contribution in [0.15, 0.2) is 41.8 Å². The Labute approximate surface area is 111 Å². The molecule has 3 N–H and O–H groups in total. The first-order valence-corrected chi connectivity index (χ1v) is 6.00. The van der Waals surface area contributed by atoms with Gasteiger partial charge in [-0.3, -0.25) is 0 Å². The highest BCUT2D eigenvalue weighted by Gasteiger charge is 2.15. The van der Waals surface area contributed by atoms with Gasteiger partial charge in [0.15, 0.2) is 5.84 Å². The molecular weight excluding hydrogens is 242 g/mol. The number of nitrogens with zero attached hydrogens (tertiary/aromatic N) is 4. The second kappa shape index (κ2) is 5.43. The van der Waals surface area contributed by atoms with Crippen LogP contribution < -0.4 is 10.6 Å². The zero-order chi connectivity index (χ0) is 13.8. The summed E-state index contributed by atoms with van der Waals surface area (Å²) in [7, 11) is 1.90. The van der Waals surface area contributed by atoms with Crippen molar-refractivity contribution < 1.29 is 5.21 Å². The lowest BCUT2D eigenvalue weighted by Gasteiger charge is -2.21. The maximum Gasteiger partial charge on any atom is 0.209 e. The minimum Gasteiger partial charge on any atom is -0.409 e. The lowest BCUT2D eigenvalue weighted by molar-refractivity contribution is 0.318. The average molecular weight is 259 g/mol. The van der Waals surface area contributed by atoms with Gasteiger partial charge in [-0.25, -0.2) is 4.98 Å². The van der Waals surface area contributed by atoms with Crippen molar-refractivity contribution in [1.82, 2.24) is 9.55 Å². The first-order valence-electron chi connectivity index (χ1n) is 6.00. The van der Waals surface area contributed by atoms with Crippen LogP contribution in [0.4, 0.5) is 11.6 Å². The van der Waals surface area contributed by atoms with E-state index < -0.39 is 0 Å². The third-order valence-corrected chi connectivity index (χ3v) is 2.98. The monoisotopic (exact) mass is 259 g/mol. The molecule has 1 aromatic heterocycles. The molecule has 6 nitrogen and oxygen atoms in total. The van der Waals surface area contributed by atoms with Gasteiger partial charge in [-0.2, -0.15) is 0 Å². The summed E-state index contributed by atoms with van der Waals surface area (Å²) in [4.78, 5) is 6.25. The lowest BCUT2D eigenvalue weighted by Crippen LogP contribution is -2.21. The van der Waals surface area contributed by atoms with E-state index >= 15 is 0 Å². The van der Waals surface area contributed by atoms with E-state index in [1.165, 1.54) is 0 Å². The smallest absolute Gasteiger partial charge is 0.209 e. The van der Waals surface area contributed by atoms with E-state index in [4.69, 9.17) is 10.9 Å². The number of aryl methyl sites for hydroxylation is 1. The van der Waals surface area contributed by atoms with Gasteiger partial charge in [-0.15, -0.1) is 0 Å². The fourth-order valence-electron chi connectivity index (χ4n) is 1.99. The van der Waals surface area contributed by atoms with Crippen molar-refractivity contribution in [2.75, 3.05) is 11.9 Å². The van der Waals surface area contributed by atoms with Gasteiger partial charge in [-0.05, 0) is 19.1 Å². The van der Waals surface area contributed by atoms with Crippen LogP contribution in [0.1, 0.15) is 12.5 Å². The summed E-state index contributed by atoms with van der Waals surface area (Å²) in [5.41, 5.74) is 7.20. The Morgan fingerprint density at radius 1 is 1.47 bits per heavy atom. The minimum atomic E-state index is 0.0806. The number of oxime groups is 1. The lowest BCUT2D eigenvalue weighted by atomic mass is 10.1. The Kier molecular flexibility index (Phi) is 3.70. The Morgan fingerprint density at radius 2 is 2.21 bits per heavy atom. The molecule has 0 unspecified atom stereocenters. The van der Waals surface area contributed by atoms with Crippen LogP contribution >= 0.6 is 0 Å². The largest absolute Gasteiger partial charge is 0.409 e. The molecule has 0 saturated heterocycles. The molecule has 0 saturated carbocycles. The SMILES string of the molecule is CCn1ccnc1N(C)c1ccccc1C(N)=NO. The fraction of sp³-hybridized carbons (Fsp3) is 0.231. The highest BCUT2D eigenvalue weighted by atomic mass is 16.4. The van der Waals surface area contributed by atoms with Crippen LogP contribution in [0.5, 0.6) is 0 Å². The normalized spacial score (nSPS) is 11.6. The summed E-state index contributed by atoms with van der Waals surface area (Å²) in [6.45, 7) is 2.87.